The molecule has 16 heteroatoms. The molecule has 0 saturated heterocycles. The van der Waals surface area contributed by atoms with Crippen LogP contribution in [0, 0.1) is 5.82 Å². The molecule has 0 radical (unpaired) electrons. The second-order valence-electron chi connectivity index (χ2n) is 7.59. The lowest BCUT2D eigenvalue weighted by molar-refractivity contribution is -0.289. The lowest BCUT2D eigenvalue weighted by Crippen LogP contribution is -2.33. The van der Waals surface area contributed by atoms with Crippen molar-refractivity contribution in [3.05, 3.63) is 76.9 Å². The van der Waals surface area contributed by atoms with E-state index >= 15 is 4.39 Å². The minimum Gasteiger partial charge on any atom is -0.493 e. The lowest BCUT2D eigenvalue weighted by Gasteiger charge is -2.21. The SMILES string of the molecule is COc1cc(C(F)(F)C(F)(F)F)ccc1Oc1ccc(C(F)(F)F)c(F)c1C(=O)Nc1ccnc(C(N)=O)c1. The number of alkyl halides is 8. The normalized spacial score (nSPS) is 12.2. The van der Waals surface area contributed by atoms with Gasteiger partial charge in [-0.25, -0.2) is 4.39 Å². The Morgan fingerprint density at radius 1 is 0.897 bits per heavy atom. The molecule has 0 spiro atoms. The van der Waals surface area contributed by atoms with Crippen molar-refractivity contribution in [2.45, 2.75) is 18.3 Å². The summed E-state index contributed by atoms with van der Waals surface area (Å²) in [7, 11) is 0.860. The minimum atomic E-state index is -5.97. The van der Waals surface area contributed by atoms with Gasteiger partial charge < -0.3 is 20.5 Å². The standard InChI is InChI=1S/C23H14F9N3O4/c1-38-16-8-10(21(25,26)23(30,31)32)2-4-14(16)39-15-5-3-12(22(27,28)29)18(24)17(15)20(37)35-11-6-7-34-13(9-11)19(33)36/h2-9H,1H3,(H2,33,36)(H,34,35,37). The number of carbonyl (C=O) groups excluding carboxylic acids is 2. The van der Waals surface area contributed by atoms with E-state index < -0.39 is 69.8 Å². The van der Waals surface area contributed by atoms with Gasteiger partial charge in [0, 0.05) is 17.4 Å². The molecular formula is C23H14F9N3O4. The molecule has 3 rings (SSSR count). The zero-order valence-electron chi connectivity index (χ0n) is 19.2. The summed E-state index contributed by atoms with van der Waals surface area (Å²) in [6, 6.07) is 3.90. The first-order chi connectivity index (χ1) is 18.0. The van der Waals surface area contributed by atoms with Crippen LogP contribution in [0.2, 0.25) is 0 Å². The first kappa shape index (κ1) is 29.1. The summed E-state index contributed by atoms with van der Waals surface area (Å²) in [5, 5.41) is 2.04. The summed E-state index contributed by atoms with van der Waals surface area (Å²) in [5.41, 5.74) is -0.268. The Kier molecular flexibility index (Phi) is 7.70. The van der Waals surface area contributed by atoms with Crippen molar-refractivity contribution >= 4 is 17.5 Å². The molecule has 208 valence electrons. The third-order valence-electron chi connectivity index (χ3n) is 5.01. The average molecular weight is 567 g/mol. The van der Waals surface area contributed by atoms with Crippen LogP contribution in [0.15, 0.2) is 48.7 Å². The highest BCUT2D eigenvalue weighted by Crippen LogP contribution is 2.47. The third-order valence-corrected chi connectivity index (χ3v) is 5.01. The molecule has 0 bridgehead atoms. The first-order valence-electron chi connectivity index (χ1n) is 10.2. The van der Waals surface area contributed by atoms with Gasteiger partial charge in [-0.05, 0) is 42.5 Å². The Labute approximate surface area is 212 Å². The second kappa shape index (κ2) is 10.3. The van der Waals surface area contributed by atoms with E-state index in [2.05, 4.69) is 4.98 Å². The van der Waals surface area contributed by atoms with Crippen molar-refractivity contribution in [1.29, 1.82) is 0 Å². The maximum absolute atomic E-state index is 15.0. The zero-order valence-corrected chi connectivity index (χ0v) is 19.2. The van der Waals surface area contributed by atoms with E-state index in [0.29, 0.717) is 18.2 Å². The van der Waals surface area contributed by atoms with Gasteiger partial charge in [-0.1, -0.05) is 0 Å². The zero-order chi connectivity index (χ0) is 29.3. The number of hydrogen-bond acceptors (Lipinski definition) is 5. The van der Waals surface area contributed by atoms with Gasteiger partial charge in [-0.15, -0.1) is 0 Å². The van der Waals surface area contributed by atoms with E-state index in [1.165, 1.54) is 0 Å². The first-order valence-corrected chi connectivity index (χ1v) is 10.2. The van der Waals surface area contributed by atoms with E-state index in [-0.39, 0.29) is 23.5 Å². The number of rotatable bonds is 7. The van der Waals surface area contributed by atoms with Crippen molar-refractivity contribution in [3.8, 4) is 17.2 Å². The van der Waals surface area contributed by atoms with Crippen molar-refractivity contribution < 1.29 is 58.6 Å². The highest BCUT2D eigenvalue weighted by Gasteiger charge is 2.58. The number of anilines is 1. The molecule has 2 aromatic carbocycles. The Balaban J connectivity index is 2.09. The van der Waals surface area contributed by atoms with E-state index in [9.17, 15) is 44.7 Å². The number of pyridine rings is 1. The largest absolute Gasteiger partial charge is 0.493 e. The predicted octanol–water partition coefficient (Wildman–Crippen LogP) is 6.05. The number of ether oxygens (including phenoxy) is 2. The molecule has 3 N–H and O–H groups in total. The van der Waals surface area contributed by atoms with Gasteiger partial charge in [0.15, 0.2) is 17.3 Å². The molecule has 7 nitrogen and oxygen atoms in total. The summed E-state index contributed by atoms with van der Waals surface area (Å²) in [6.45, 7) is 0. The molecule has 2 amide bonds. The molecule has 0 aliphatic carbocycles. The van der Waals surface area contributed by atoms with Crippen LogP contribution in [0.5, 0.6) is 17.2 Å². The number of halogens is 9. The van der Waals surface area contributed by atoms with Crippen molar-refractivity contribution in [3.63, 3.8) is 0 Å². The van der Waals surface area contributed by atoms with Gasteiger partial charge >= 0.3 is 18.3 Å². The van der Waals surface area contributed by atoms with Gasteiger partial charge in [-0.3, -0.25) is 14.6 Å². The minimum absolute atomic E-state index is 0.220. The molecule has 1 heterocycles. The van der Waals surface area contributed by atoms with E-state index in [1.807, 2.05) is 5.32 Å². The molecule has 3 aromatic rings. The number of methoxy groups -OCH3 is 1. The van der Waals surface area contributed by atoms with Gasteiger partial charge in [-0.2, -0.15) is 35.1 Å². The Hall–Kier alpha value is -4.50. The number of primary amides is 1. The molecule has 39 heavy (non-hydrogen) atoms. The van der Waals surface area contributed by atoms with Gasteiger partial charge in [0.1, 0.15) is 17.0 Å². The fraction of sp³-hybridized carbons (Fsp3) is 0.174. The molecule has 0 aliphatic rings. The number of aromatic nitrogens is 1. The maximum atomic E-state index is 15.0. The number of nitrogens with one attached hydrogen (secondary N) is 1. The summed E-state index contributed by atoms with van der Waals surface area (Å²) in [4.78, 5) is 27.8. The number of nitrogens with two attached hydrogens (primary N) is 1. The summed E-state index contributed by atoms with van der Waals surface area (Å²) >= 11 is 0. The lowest BCUT2D eigenvalue weighted by atomic mass is 10.1. The highest BCUT2D eigenvalue weighted by molar-refractivity contribution is 6.07. The van der Waals surface area contributed by atoms with E-state index in [0.717, 1.165) is 25.4 Å². The monoisotopic (exact) mass is 567 g/mol. The van der Waals surface area contributed by atoms with Crippen LogP contribution < -0.4 is 20.5 Å². The number of benzene rings is 2. The number of nitrogens with zero attached hydrogens (tertiary/aromatic N) is 1. The highest BCUT2D eigenvalue weighted by atomic mass is 19.4. The fourth-order valence-corrected chi connectivity index (χ4v) is 3.14. The molecular weight excluding hydrogens is 553 g/mol. The summed E-state index contributed by atoms with van der Waals surface area (Å²) in [6.07, 6.45) is -10.2. The molecule has 0 saturated carbocycles. The molecule has 0 aliphatic heterocycles. The number of hydrogen-bond donors (Lipinski definition) is 2. The average Bonchev–Trinajstić information content (AvgIpc) is 2.82. The molecule has 0 fully saturated rings. The summed E-state index contributed by atoms with van der Waals surface area (Å²) < 4.78 is 131. The number of carbonyl (C=O) groups is 2. The van der Waals surface area contributed by atoms with Crippen LogP contribution in [0.25, 0.3) is 0 Å². The van der Waals surface area contributed by atoms with E-state index in [4.69, 9.17) is 15.2 Å². The fourth-order valence-electron chi connectivity index (χ4n) is 3.14. The number of amides is 2. The third kappa shape index (κ3) is 5.99. The van der Waals surface area contributed by atoms with Crippen LogP contribution in [0.1, 0.15) is 32.0 Å². The van der Waals surface area contributed by atoms with Crippen molar-refractivity contribution in [2.24, 2.45) is 5.73 Å². The smallest absolute Gasteiger partial charge is 0.458 e. The maximum Gasteiger partial charge on any atom is 0.458 e. The van der Waals surface area contributed by atoms with Gasteiger partial charge in [0.25, 0.3) is 11.8 Å². The van der Waals surface area contributed by atoms with E-state index in [1.54, 1.807) is 0 Å². The molecule has 0 unspecified atom stereocenters. The second-order valence-corrected chi connectivity index (χ2v) is 7.59. The topological polar surface area (TPSA) is 104 Å². The van der Waals surface area contributed by atoms with Crippen LogP contribution >= 0.6 is 0 Å². The molecule has 1 aromatic heterocycles. The van der Waals surface area contributed by atoms with Gasteiger partial charge in [0.05, 0.1) is 12.7 Å². The van der Waals surface area contributed by atoms with Crippen molar-refractivity contribution in [2.75, 3.05) is 12.4 Å². The molecule has 0 atom stereocenters. The Bertz CT molecular complexity index is 1420. The predicted molar refractivity (Wildman–Crippen MR) is 115 cm³/mol. The van der Waals surface area contributed by atoms with Crippen LogP contribution in [-0.2, 0) is 12.1 Å². The van der Waals surface area contributed by atoms with Crippen LogP contribution in [0.4, 0.5) is 45.2 Å². The van der Waals surface area contributed by atoms with Crippen molar-refractivity contribution in [1.82, 2.24) is 4.98 Å². The quantitative estimate of drug-likeness (QED) is 0.339. The Morgan fingerprint density at radius 2 is 1.54 bits per heavy atom. The Morgan fingerprint density at radius 3 is 2.10 bits per heavy atom. The van der Waals surface area contributed by atoms with Crippen LogP contribution in [0.3, 0.4) is 0 Å². The summed E-state index contributed by atoms with van der Waals surface area (Å²) in [5.74, 6) is -12.2. The van der Waals surface area contributed by atoms with Crippen LogP contribution in [-0.4, -0.2) is 30.1 Å². The van der Waals surface area contributed by atoms with Gasteiger partial charge in [0.2, 0.25) is 0 Å².